The molecule has 3 heterocycles. The van der Waals surface area contributed by atoms with Crippen LogP contribution in [0.15, 0.2) is 156 Å². The Morgan fingerprint density at radius 3 is 2.38 bits per heavy atom. The zero-order valence-corrected chi connectivity index (χ0v) is 36.7. The number of nitrogens with one attached hydrogen (secondary N) is 3. The fourth-order valence-corrected chi connectivity index (χ4v) is 9.73. The lowest BCUT2D eigenvalue weighted by Gasteiger charge is -2.36. The van der Waals surface area contributed by atoms with Crippen molar-refractivity contribution < 1.29 is 13.3 Å². The van der Waals surface area contributed by atoms with Crippen LogP contribution in [0.5, 0.6) is 0 Å². The summed E-state index contributed by atoms with van der Waals surface area (Å²) in [6, 6.07) is 41.5. The van der Waals surface area contributed by atoms with E-state index in [0.717, 1.165) is 60.6 Å². The molecule has 322 valence electrons. The number of nitro benzene ring substituents is 1. The molecule has 3 N–H and O–H groups in total. The van der Waals surface area contributed by atoms with E-state index in [1.54, 1.807) is 18.0 Å². The van der Waals surface area contributed by atoms with Crippen LogP contribution >= 0.6 is 23.4 Å². The van der Waals surface area contributed by atoms with Crippen molar-refractivity contribution in [3.05, 3.63) is 172 Å². The van der Waals surface area contributed by atoms with Crippen molar-refractivity contribution in [3.63, 3.8) is 0 Å². The van der Waals surface area contributed by atoms with Crippen LogP contribution in [0.4, 0.5) is 22.9 Å². The minimum absolute atomic E-state index is 0.0804. The van der Waals surface area contributed by atoms with Crippen LogP contribution in [0.25, 0.3) is 22.0 Å². The van der Waals surface area contributed by atoms with Gasteiger partial charge in [0.25, 0.3) is 15.7 Å². The highest BCUT2D eigenvalue weighted by molar-refractivity contribution is 7.99. The number of sulfonamides is 1. The molecule has 1 aliphatic heterocycles. The van der Waals surface area contributed by atoms with Gasteiger partial charge in [-0.25, -0.2) is 18.4 Å². The molecule has 63 heavy (non-hydrogen) atoms. The number of hydrogen-bond donors (Lipinski definition) is 3. The van der Waals surface area contributed by atoms with Crippen molar-refractivity contribution in [2.75, 3.05) is 53.4 Å². The van der Waals surface area contributed by atoms with E-state index in [1.807, 2.05) is 78.9 Å². The van der Waals surface area contributed by atoms with Crippen LogP contribution in [0.3, 0.4) is 0 Å². The molecule has 0 radical (unpaired) electrons. The predicted molar refractivity (Wildman–Crippen MR) is 253 cm³/mol. The van der Waals surface area contributed by atoms with Crippen molar-refractivity contribution >= 4 is 67.2 Å². The van der Waals surface area contributed by atoms with Gasteiger partial charge in [-0.2, -0.15) is 0 Å². The Balaban J connectivity index is 0.926. The number of halogens is 1. The maximum atomic E-state index is 13.8. The second-order valence-electron chi connectivity index (χ2n) is 15.1. The second-order valence-corrected chi connectivity index (χ2v) is 18.4. The highest BCUT2D eigenvalue weighted by Crippen LogP contribution is 2.33. The summed E-state index contributed by atoms with van der Waals surface area (Å²) < 4.78 is 30.3. The van der Waals surface area contributed by atoms with Crippen LogP contribution in [0, 0.1) is 10.1 Å². The van der Waals surface area contributed by atoms with E-state index in [0.29, 0.717) is 41.2 Å². The lowest BCUT2D eigenvalue weighted by molar-refractivity contribution is -0.384. The highest BCUT2D eigenvalue weighted by atomic mass is 35.5. The van der Waals surface area contributed by atoms with Gasteiger partial charge < -0.3 is 15.5 Å². The summed E-state index contributed by atoms with van der Waals surface area (Å²) in [5.41, 5.74) is 5.92. The summed E-state index contributed by atoms with van der Waals surface area (Å²) in [4.78, 5) is 30.5. The van der Waals surface area contributed by atoms with Crippen LogP contribution < -0.4 is 20.3 Å². The molecule has 1 saturated heterocycles. The van der Waals surface area contributed by atoms with Crippen molar-refractivity contribution in [1.29, 1.82) is 0 Å². The number of hydrogen-bond acceptors (Lipinski definition) is 12. The van der Waals surface area contributed by atoms with Gasteiger partial charge in [0.05, 0.1) is 21.0 Å². The summed E-state index contributed by atoms with van der Waals surface area (Å²) in [5.74, 6) is 0.699. The zero-order chi connectivity index (χ0) is 43.6. The number of thioether (sulfide) groups is 1. The zero-order valence-electron chi connectivity index (χ0n) is 34.3. The summed E-state index contributed by atoms with van der Waals surface area (Å²) in [6.45, 7) is 5.36. The fraction of sp³-hybridized carbons (Fsp3) is 0.213. The van der Waals surface area contributed by atoms with Crippen LogP contribution in [0.2, 0.25) is 5.02 Å². The molecular formula is C47H46ClN9O4S2. The summed E-state index contributed by atoms with van der Waals surface area (Å²) in [5, 5.41) is 20.4. The Labute approximate surface area is 376 Å². The second kappa shape index (κ2) is 20.4. The van der Waals surface area contributed by atoms with Gasteiger partial charge in [-0.1, -0.05) is 72.3 Å². The number of nitrogens with zero attached hydrogens (tertiary/aromatic N) is 6. The molecule has 1 aliphatic rings. The third-order valence-corrected chi connectivity index (χ3v) is 13.7. The third-order valence-electron chi connectivity index (χ3n) is 10.9. The van der Waals surface area contributed by atoms with E-state index in [4.69, 9.17) is 11.6 Å². The first-order chi connectivity index (χ1) is 30.7. The SMILES string of the molecule is O=[N+]([O-])c1cc(S(=O)(=O)Nc2ncnc3cc(N4CCN(Cc5ccccc5-c5ccc(Cl)cc5)CC4)ccc23)ccc1NC(CCNCc1ccccn1)CSc1ccccc1. The first-order valence-corrected chi connectivity index (χ1v) is 23.5. The van der Waals surface area contributed by atoms with E-state index >= 15 is 0 Å². The Bertz CT molecular complexity index is 2760. The quantitative estimate of drug-likeness (QED) is 0.0325. The summed E-state index contributed by atoms with van der Waals surface area (Å²) in [7, 11) is -4.30. The molecule has 5 aromatic carbocycles. The molecule has 16 heteroatoms. The molecule has 7 aromatic rings. The Hall–Kier alpha value is -6.10. The minimum Gasteiger partial charge on any atom is -0.376 e. The molecule has 1 unspecified atom stereocenters. The predicted octanol–water partition coefficient (Wildman–Crippen LogP) is 9.13. The largest absolute Gasteiger partial charge is 0.376 e. The standard InChI is InChI=1S/C47H46ClN9O4S2/c48-36-15-13-34(14-16-36)42-12-5-4-8-35(42)31-55-24-26-56(27-25-55)39-17-19-43-45(28-39)51-33-52-47(43)54-63(60,61)41-18-20-44(46(29-41)57(58)59)53-38(32-62-40-10-2-1-3-11-40)21-23-49-30-37-9-6-7-22-50-37/h1-20,22,28-29,33,38,49,53H,21,23-27,30-32H2,(H,51,52,54). The van der Waals surface area contributed by atoms with E-state index in [9.17, 15) is 18.5 Å². The Morgan fingerprint density at radius 1 is 0.825 bits per heavy atom. The lowest BCUT2D eigenvalue weighted by Crippen LogP contribution is -2.46. The first-order valence-electron chi connectivity index (χ1n) is 20.6. The van der Waals surface area contributed by atoms with Gasteiger partial charge in [0, 0.05) is 84.3 Å². The number of nitro groups is 1. The van der Waals surface area contributed by atoms with E-state index in [2.05, 4.69) is 76.5 Å². The van der Waals surface area contributed by atoms with E-state index in [-0.39, 0.29) is 28.1 Å². The molecule has 2 aromatic heterocycles. The monoisotopic (exact) mass is 899 g/mol. The average Bonchev–Trinajstić information content (AvgIpc) is 3.31. The molecule has 0 bridgehead atoms. The number of aromatic nitrogens is 3. The maximum Gasteiger partial charge on any atom is 0.293 e. The minimum atomic E-state index is -4.30. The third kappa shape index (κ3) is 11.3. The number of pyridine rings is 1. The van der Waals surface area contributed by atoms with E-state index < -0.39 is 14.9 Å². The fourth-order valence-electron chi connectivity index (χ4n) is 7.56. The van der Waals surface area contributed by atoms with Crippen LogP contribution in [-0.4, -0.2) is 77.7 Å². The Morgan fingerprint density at radius 2 is 1.60 bits per heavy atom. The van der Waals surface area contributed by atoms with Crippen molar-refractivity contribution in [1.82, 2.24) is 25.2 Å². The van der Waals surface area contributed by atoms with Gasteiger partial charge in [-0.05, 0) is 96.4 Å². The van der Waals surface area contributed by atoms with Crippen LogP contribution in [-0.2, 0) is 23.1 Å². The molecule has 0 spiro atoms. The number of rotatable bonds is 18. The number of anilines is 3. The smallest absolute Gasteiger partial charge is 0.293 e. The van der Waals surface area contributed by atoms with Crippen molar-refractivity contribution in [2.45, 2.75) is 35.3 Å². The summed E-state index contributed by atoms with van der Waals surface area (Å²) in [6.07, 6.45) is 3.71. The van der Waals surface area contributed by atoms with Crippen molar-refractivity contribution in [2.24, 2.45) is 0 Å². The molecule has 1 atom stereocenters. The number of fused-ring (bicyclic) bond motifs is 1. The Kier molecular flexibility index (Phi) is 14.1. The van der Waals surface area contributed by atoms with Crippen LogP contribution in [0.1, 0.15) is 17.7 Å². The topological polar surface area (TPSA) is 159 Å². The molecule has 0 amide bonds. The van der Waals surface area contributed by atoms with Gasteiger partial charge in [0.1, 0.15) is 12.0 Å². The van der Waals surface area contributed by atoms with Gasteiger partial charge in [-0.15, -0.1) is 11.8 Å². The molecule has 1 fully saturated rings. The maximum absolute atomic E-state index is 13.8. The molecule has 0 saturated carbocycles. The molecule has 13 nitrogen and oxygen atoms in total. The van der Waals surface area contributed by atoms with Gasteiger partial charge >= 0.3 is 0 Å². The normalized spacial score (nSPS) is 13.8. The number of piperazine rings is 1. The van der Waals surface area contributed by atoms with Crippen molar-refractivity contribution in [3.8, 4) is 11.1 Å². The lowest BCUT2D eigenvalue weighted by atomic mass is 9.99. The van der Waals surface area contributed by atoms with E-state index in [1.165, 1.54) is 29.6 Å². The average molecular weight is 901 g/mol. The first kappa shape index (κ1) is 43.5. The van der Waals surface area contributed by atoms with Gasteiger partial charge in [-0.3, -0.25) is 24.7 Å². The molecule has 0 aliphatic carbocycles. The summed E-state index contributed by atoms with van der Waals surface area (Å²) >= 11 is 7.79. The molecule has 8 rings (SSSR count). The number of benzene rings is 5. The van der Waals surface area contributed by atoms with Gasteiger partial charge in [0.2, 0.25) is 0 Å². The highest BCUT2D eigenvalue weighted by Gasteiger charge is 2.25. The molecular weight excluding hydrogens is 854 g/mol. The van der Waals surface area contributed by atoms with Gasteiger partial charge in [0.15, 0.2) is 5.82 Å².